The molecule has 0 bridgehead atoms. The van der Waals surface area contributed by atoms with Crippen LogP contribution in [0.4, 0.5) is 0 Å². The van der Waals surface area contributed by atoms with Crippen LogP contribution < -0.4 is 9.47 Å². The van der Waals surface area contributed by atoms with Crippen molar-refractivity contribution in [3.05, 3.63) is 52.3 Å². The average Bonchev–Trinajstić information content (AvgIpc) is 3.14. The van der Waals surface area contributed by atoms with Crippen LogP contribution >= 0.6 is 22.9 Å². The van der Waals surface area contributed by atoms with Crippen molar-refractivity contribution < 1.29 is 9.47 Å². The van der Waals surface area contributed by atoms with Gasteiger partial charge in [-0.3, -0.25) is 4.98 Å². The molecule has 0 unspecified atom stereocenters. The van der Waals surface area contributed by atoms with Gasteiger partial charge in [-0.05, 0) is 23.6 Å². The van der Waals surface area contributed by atoms with Crippen LogP contribution in [0.15, 0.2) is 36.0 Å². The Morgan fingerprint density at radius 3 is 2.52 bits per heavy atom. The van der Waals surface area contributed by atoms with E-state index in [1.807, 2.05) is 38.1 Å². The number of nitrogens with zero attached hydrogens (tertiary/aromatic N) is 3. The molecule has 5 nitrogen and oxygen atoms in total. The minimum Gasteiger partial charge on any atom is -0.497 e. The maximum atomic E-state index is 6.40. The summed E-state index contributed by atoms with van der Waals surface area (Å²) in [5.74, 6) is 1.99. The minimum absolute atomic E-state index is 0.147. The van der Waals surface area contributed by atoms with Crippen LogP contribution in [0.25, 0.3) is 10.7 Å². The van der Waals surface area contributed by atoms with E-state index in [-0.39, 0.29) is 5.92 Å². The van der Waals surface area contributed by atoms with Crippen LogP contribution in [0.2, 0.25) is 5.15 Å². The van der Waals surface area contributed by atoms with Crippen molar-refractivity contribution in [1.29, 1.82) is 0 Å². The molecule has 0 radical (unpaired) electrons. The lowest BCUT2D eigenvalue weighted by atomic mass is 10.1. The van der Waals surface area contributed by atoms with Gasteiger partial charge in [-0.15, -0.1) is 11.3 Å². The molecule has 130 valence electrons. The first kappa shape index (κ1) is 17.6. The quantitative estimate of drug-likeness (QED) is 0.569. The van der Waals surface area contributed by atoms with Crippen molar-refractivity contribution in [2.45, 2.75) is 26.4 Å². The smallest absolute Gasteiger partial charge is 0.222 e. The summed E-state index contributed by atoms with van der Waals surface area (Å²) in [6.45, 7) is 4.47. The van der Waals surface area contributed by atoms with Crippen molar-refractivity contribution in [2.24, 2.45) is 0 Å². The molecule has 7 heteroatoms. The predicted molar refractivity (Wildman–Crippen MR) is 99.6 cm³/mol. The minimum atomic E-state index is 0.147. The number of hydrogen-bond acceptors (Lipinski definition) is 6. The zero-order valence-corrected chi connectivity index (χ0v) is 15.8. The first-order valence-electron chi connectivity index (χ1n) is 7.80. The first-order chi connectivity index (χ1) is 12.1. The summed E-state index contributed by atoms with van der Waals surface area (Å²) in [6.07, 6.45) is 1.72. The van der Waals surface area contributed by atoms with Crippen molar-refractivity contribution in [3.8, 4) is 22.3 Å². The van der Waals surface area contributed by atoms with Gasteiger partial charge in [0, 0.05) is 6.20 Å². The Hall–Kier alpha value is -2.18. The normalized spacial score (nSPS) is 10.9. The molecule has 3 aromatic rings. The van der Waals surface area contributed by atoms with Crippen molar-refractivity contribution in [2.75, 3.05) is 7.11 Å². The fourth-order valence-corrected chi connectivity index (χ4v) is 3.26. The number of thiazole rings is 1. The van der Waals surface area contributed by atoms with E-state index in [0.29, 0.717) is 23.5 Å². The molecule has 0 amide bonds. The molecule has 0 spiro atoms. The van der Waals surface area contributed by atoms with E-state index in [1.54, 1.807) is 18.8 Å². The first-order valence-corrected chi connectivity index (χ1v) is 9.06. The SMILES string of the molecule is COc1ccc(COc2nc(-c3cncs3)nc(Cl)c2C(C)C)cc1. The van der Waals surface area contributed by atoms with E-state index in [2.05, 4.69) is 15.0 Å². The number of hydrogen-bond donors (Lipinski definition) is 0. The van der Waals surface area contributed by atoms with Gasteiger partial charge in [0.1, 0.15) is 17.5 Å². The zero-order valence-electron chi connectivity index (χ0n) is 14.2. The molecule has 0 aliphatic heterocycles. The lowest BCUT2D eigenvalue weighted by Crippen LogP contribution is -2.05. The van der Waals surface area contributed by atoms with Gasteiger partial charge in [0.2, 0.25) is 5.88 Å². The largest absolute Gasteiger partial charge is 0.497 e. The summed E-state index contributed by atoms with van der Waals surface area (Å²) in [4.78, 5) is 13.9. The highest BCUT2D eigenvalue weighted by Crippen LogP contribution is 2.34. The molecule has 2 heterocycles. The van der Waals surface area contributed by atoms with Crippen LogP contribution in [0.3, 0.4) is 0 Å². The Morgan fingerprint density at radius 2 is 1.92 bits per heavy atom. The van der Waals surface area contributed by atoms with Gasteiger partial charge in [0.15, 0.2) is 5.82 Å². The van der Waals surface area contributed by atoms with Gasteiger partial charge in [-0.25, -0.2) is 4.98 Å². The molecule has 0 aliphatic carbocycles. The predicted octanol–water partition coefficient (Wildman–Crippen LogP) is 4.96. The molecule has 3 rings (SSSR count). The number of benzene rings is 1. The van der Waals surface area contributed by atoms with E-state index >= 15 is 0 Å². The van der Waals surface area contributed by atoms with Crippen molar-refractivity contribution in [1.82, 2.24) is 15.0 Å². The summed E-state index contributed by atoms with van der Waals surface area (Å²) in [5, 5.41) is 0.415. The van der Waals surface area contributed by atoms with E-state index in [0.717, 1.165) is 21.8 Å². The third-order valence-corrected chi connectivity index (χ3v) is 4.69. The van der Waals surface area contributed by atoms with E-state index in [1.165, 1.54) is 11.3 Å². The summed E-state index contributed by atoms with van der Waals surface area (Å²) in [5.41, 5.74) is 3.56. The van der Waals surface area contributed by atoms with E-state index in [9.17, 15) is 0 Å². The molecule has 1 aromatic carbocycles. The van der Waals surface area contributed by atoms with Crippen LogP contribution in [0, 0.1) is 0 Å². The monoisotopic (exact) mass is 375 g/mol. The lowest BCUT2D eigenvalue weighted by molar-refractivity contribution is 0.289. The highest BCUT2D eigenvalue weighted by molar-refractivity contribution is 7.13. The van der Waals surface area contributed by atoms with Crippen LogP contribution in [0.5, 0.6) is 11.6 Å². The van der Waals surface area contributed by atoms with Crippen LogP contribution in [0.1, 0.15) is 30.9 Å². The summed E-state index contributed by atoms with van der Waals surface area (Å²) in [6, 6.07) is 7.72. The van der Waals surface area contributed by atoms with Crippen LogP contribution in [-0.4, -0.2) is 22.1 Å². The maximum Gasteiger partial charge on any atom is 0.222 e. The van der Waals surface area contributed by atoms with Gasteiger partial charge in [0.25, 0.3) is 0 Å². The summed E-state index contributed by atoms with van der Waals surface area (Å²) < 4.78 is 11.2. The van der Waals surface area contributed by atoms with Gasteiger partial charge in [-0.2, -0.15) is 4.98 Å². The number of ether oxygens (including phenoxy) is 2. The fraction of sp³-hybridized carbons (Fsp3) is 0.278. The Balaban J connectivity index is 1.89. The highest BCUT2D eigenvalue weighted by atomic mass is 35.5. The van der Waals surface area contributed by atoms with Gasteiger partial charge in [-0.1, -0.05) is 37.6 Å². The molecular weight excluding hydrogens is 358 g/mol. The average molecular weight is 376 g/mol. The summed E-state index contributed by atoms with van der Waals surface area (Å²) >= 11 is 7.87. The molecule has 0 aliphatic rings. The molecular formula is C18H18ClN3O2S. The van der Waals surface area contributed by atoms with Crippen LogP contribution in [-0.2, 0) is 6.61 Å². The third kappa shape index (κ3) is 4.08. The van der Waals surface area contributed by atoms with Crippen molar-refractivity contribution in [3.63, 3.8) is 0 Å². The molecule has 0 saturated heterocycles. The second-order valence-corrected chi connectivity index (χ2v) is 6.96. The molecule has 0 N–H and O–H groups in total. The molecule has 25 heavy (non-hydrogen) atoms. The Bertz CT molecular complexity index is 836. The zero-order chi connectivity index (χ0) is 17.8. The summed E-state index contributed by atoms with van der Waals surface area (Å²) in [7, 11) is 1.64. The van der Waals surface area contributed by atoms with E-state index in [4.69, 9.17) is 21.1 Å². The Labute approximate surface area is 155 Å². The third-order valence-electron chi connectivity index (χ3n) is 3.63. The molecule has 0 fully saturated rings. The number of halogens is 1. The van der Waals surface area contributed by atoms with Gasteiger partial charge in [0.05, 0.1) is 23.1 Å². The second kappa shape index (κ2) is 7.80. The molecule has 0 atom stereocenters. The molecule has 0 saturated carbocycles. The van der Waals surface area contributed by atoms with Crippen molar-refractivity contribution >= 4 is 22.9 Å². The van der Waals surface area contributed by atoms with E-state index < -0.39 is 0 Å². The molecule has 2 aromatic heterocycles. The lowest BCUT2D eigenvalue weighted by Gasteiger charge is -2.15. The standard InChI is InChI=1S/C18H18ClN3O2S/c1-11(2)15-16(19)21-17(14-8-20-10-25-14)22-18(15)24-9-12-4-6-13(23-3)7-5-12/h4-8,10-11H,9H2,1-3H3. The Morgan fingerprint density at radius 1 is 1.16 bits per heavy atom. The fourth-order valence-electron chi connectivity index (χ4n) is 2.33. The number of methoxy groups -OCH3 is 1. The maximum absolute atomic E-state index is 6.40. The van der Waals surface area contributed by atoms with Gasteiger partial charge >= 0.3 is 0 Å². The topological polar surface area (TPSA) is 57.1 Å². The number of rotatable bonds is 6. The van der Waals surface area contributed by atoms with Gasteiger partial charge < -0.3 is 9.47 Å². The second-order valence-electron chi connectivity index (χ2n) is 5.71. The highest BCUT2D eigenvalue weighted by Gasteiger charge is 2.19. The Kier molecular flexibility index (Phi) is 5.50. The number of aromatic nitrogens is 3.